The number of nitrogens with zero attached hydrogens (tertiary/aromatic N) is 6. The molecule has 0 radical (unpaired) electrons. The van der Waals surface area contributed by atoms with Gasteiger partial charge < -0.3 is 9.80 Å². The first-order valence-electron chi connectivity index (χ1n) is 8.20. The number of aromatic amines is 1. The van der Waals surface area contributed by atoms with Gasteiger partial charge in [0, 0.05) is 38.5 Å². The van der Waals surface area contributed by atoms with Crippen LogP contribution in [0.4, 0.5) is 5.95 Å². The lowest BCUT2D eigenvalue weighted by Gasteiger charge is -2.24. The van der Waals surface area contributed by atoms with Crippen molar-refractivity contribution in [1.82, 2.24) is 30.0 Å². The fourth-order valence-corrected chi connectivity index (χ4v) is 2.51. The second-order valence-corrected chi connectivity index (χ2v) is 6.19. The van der Waals surface area contributed by atoms with Gasteiger partial charge in [-0.05, 0) is 25.1 Å². The van der Waals surface area contributed by atoms with Crippen molar-refractivity contribution in [3.8, 4) is 11.4 Å². The zero-order valence-corrected chi connectivity index (χ0v) is 15.2. The molecule has 2 aromatic heterocycles. The van der Waals surface area contributed by atoms with Crippen LogP contribution in [-0.2, 0) is 0 Å². The largest absolute Gasteiger partial charge is 0.346 e. The number of benzene rings is 1. The van der Waals surface area contributed by atoms with Crippen LogP contribution in [0.5, 0.6) is 0 Å². The van der Waals surface area contributed by atoms with E-state index in [1.54, 1.807) is 24.2 Å². The van der Waals surface area contributed by atoms with Crippen molar-refractivity contribution in [3.05, 3.63) is 54.1 Å². The number of H-pyrrole nitrogens is 1. The van der Waals surface area contributed by atoms with Gasteiger partial charge in [0.05, 0.1) is 11.7 Å². The summed E-state index contributed by atoms with van der Waals surface area (Å²) in [5, 5.41) is 7.05. The van der Waals surface area contributed by atoms with Crippen molar-refractivity contribution in [1.29, 1.82) is 0 Å². The topological polar surface area (TPSA) is 90.9 Å². The lowest BCUT2D eigenvalue weighted by Crippen LogP contribution is -2.30. The third-order valence-corrected chi connectivity index (χ3v) is 4.19. The summed E-state index contributed by atoms with van der Waals surface area (Å²) in [6.07, 6.45) is 3.15. The van der Waals surface area contributed by atoms with Crippen molar-refractivity contribution >= 4 is 11.9 Å². The number of nitrogens with one attached hydrogen (secondary N) is 1. The zero-order valence-electron chi connectivity index (χ0n) is 15.2. The quantitative estimate of drug-likeness (QED) is 0.757. The van der Waals surface area contributed by atoms with Crippen molar-refractivity contribution in [3.63, 3.8) is 0 Å². The third kappa shape index (κ3) is 3.53. The first-order chi connectivity index (χ1) is 12.5. The van der Waals surface area contributed by atoms with Gasteiger partial charge in [0.2, 0.25) is 5.95 Å². The highest BCUT2D eigenvalue weighted by Crippen LogP contribution is 2.22. The SMILES string of the molecule is CC(c1ccncn1)N(C)C(=O)c1cccc(-c2nc(N(C)C)n[nH]2)c1. The van der Waals surface area contributed by atoms with Gasteiger partial charge in [-0.3, -0.25) is 9.89 Å². The summed E-state index contributed by atoms with van der Waals surface area (Å²) in [4.78, 5) is 28.9. The summed E-state index contributed by atoms with van der Waals surface area (Å²) in [7, 11) is 5.51. The lowest BCUT2D eigenvalue weighted by molar-refractivity contribution is 0.0739. The highest BCUT2D eigenvalue weighted by Gasteiger charge is 2.20. The number of carbonyl (C=O) groups excluding carboxylic acids is 1. The molecular weight excluding hydrogens is 330 g/mol. The van der Waals surface area contributed by atoms with E-state index in [1.165, 1.54) is 6.33 Å². The Kier molecular flexibility index (Phi) is 4.92. The van der Waals surface area contributed by atoms with Crippen LogP contribution < -0.4 is 4.90 Å². The average molecular weight is 351 g/mol. The van der Waals surface area contributed by atoms with Crippen molar-refractivity contribution in [2.45, 2.75) is 13.0 Å². The van der Waals surface area contributed by atoms with Crippen LogP contribution in [0.3, 0.4) is 0 Å². The van der Waals surface area contributed by atoms with E-state index in [9.17, 15) is 4.79 Å². The number of anilines is 1. The molecule has 1 aromatic carbocycles. The van der Waals surface area contributed by atoms with E-state index in [4.69, 9.17) is 0 Å². The Balaban J connectivity index is 1.83. The van der Waals surface area contributed by atoms with Gasteiger partial charge in [-0.1, -0.05) is 12.1 Å². The Morgan fingerprint density at radius 2 is 2.00 bits per heavy atom. The van der Waals surface area contributed by atoms with Crippen LogP contribution in [0, 0.1) is 0 Å². The standard InChI is InChI=1S/C18H21N7O/c1-12(15-8-9-19-11-20-15)25(4)17(26)14-7-5-6-13(10-14)16-21-18(23-22-16)24(2)3/h5-12H,1-4H3,(H,21,22,23). The Labute approximate surface area is 151 Å². The molecule has 1 atom stereocenters. The summed E-state index contributed by atoms with van der Waals surface area (Å²) < 4.78 is 0. The Morgan fingerprint density at radius 3 is 2.65 bits per heavy atom. The van der Waals surface area contributed by atoms with Crippen LogP contribution in [0.1, 0.15) is 29.0 Å². The van der Waals surface area contributed by atoms with Crippen molar-refractivity contribution < 1.29 is 4.79 Å². The monoisotopic (exact) mass is 351 g/mol. The van der Waals surface area contributed by atoms with Crippen LogP contribution in [0.15, 0.2) is 42.9 Å². The van der Waals surface area contributed by atoms with E-state index in [2.05, 4.69) is 25.1 Å². The Morgan fingerprint density at radius 1 is 1.19 bits per heavy atom. The fraction of sp³-hybridized carbons (Fsp3) is 0.278. The second kappa shape index (κ2) is 7.30. The maximum Gasteiger partial charge on any atom is 0.254 e. The molecule has 26 heavy (non-hydrogen) atoms. The molecule has 0 aliphatic rings. The van der Waals surface area contributed by atoms with E-state index >= 15 is 0 Å². The van der Waals surface area contributed by atoms with E-state index < -0.39 is 0 Å². The molecule has 0 spiro atoms. The van der Waals surface area contributed by atoms with Gasteiger partial charge in [-0.2, -0.15) is 4.98 Å². The van der Waals surface area contributed by atoms with Gasteiger partial charge in [0.15, 0.2) is 5.82 Å². The van der Waals surface area contributed by atoms with Crippen LogP contribution in [0.25, 0.3) is 11.4 Å². The van der Waals surface area contributed by atoms with E-state index in [0.29, 0.717) is 17.3 Å². The molecule has 1 N–H and O–H groups in total. The number of hydrogen-bond donors (Lipinski definition) is 1. The summed E-state index contributed by atoms with van der Waals surface area (Å²) in [6.45, 7) is 1.93. The normalized spacial score (nSPS) is 11.8. The second-order valence-electron chi connectivity index (χ2n) is 6.19. The highest BCUT2D eigenvalue weighted by atomic mass is 16.2. The highest BCUT2D eigenvalue weighted by molar-refractivity contribution is 5.95. The first-order valence-corrected chi connectivity index (χ1v) is 8.20. The summed E-state index contributed by atoms with van der Waals surface area (Å²) >= 11 is 0. The minimum Gasteiger partial charge on any atom is -0.346 e. The number of carbonyl (C=O) groups is 1. The van der Waals surface area contributed by atoms with Gasteiger partial charge >= 0.3 is 0 Å². The Hall–Kier alpha value is -3.29. The number of aromatic nitrogens is 5. The van der Waals surface area contributed by atoms with E-state index in [0.717, 1.165) is 11.3 Å². The maximum absolute atomic E-state index is 12.9. The molecule has 0 saturated heterocycles. The van der Waals surface area contributed by atoms with Crippen LogP contribution in [-0.4, -0.2) is 57.1 Å². The molecule has 0 bridgehead atoms. The smallest absolute Gasteiger partial charge is 0.254 e. The van der Waals surface area contributed by atoms with Gasteiger partial charge in [0.1, 0.15) is 6.33 Å². The van der Waals surface area contributed by atoms with Gasteiger partial charge in [0.25, 0.3) is 5.91 Å². The Bertz CT molecular complexity index is 891. The molecule has 1 unspecified atom stereocenters. The molecule has 1 amide bonds. The van der Waals surface area contributed by atoms with Gasteiger partial charge in [-0.25, -0.2) is 9.97 Å². The maximum atomic E-state index is 12.9. The molecular formula is C18H21N7O. The zero-order chi connectivity index (χ0) is 18.7. The molecule has 2 heterocycles. The lowest BCUT2D eigenvalue weighted by atomic mass is 10.1. The molecule has 0 fully saturated rings. The molecule has 0 aliphatic heterocycles. The summed E-state index contributed by atoms with van der Waals surface area (Å²) in [6, 6.07) is 8.97. The predicted octanol–water partition coefficient (Wildman–Crippen LogP) is 2.16. The predicted molar refractivity (Wildman–Crippen MR) is 98.7 cm³/mol. The first kappa shape index (κ1) is 17.5. The molecule has 8 heteroatoms. The minimum atomic E-state index is -0.167. The van der Waals surface area contributed by atoms with E-state index in [1.807, 2.05) is 50.2 Å². The number of rotatable bonds is 5. The fourth-order valence-electron chi connectivity index (χ4n) is 2.51. The van der Waals surface area contributed by atoms with Crippen LogP contribution in [0.2, 0.25) is 0 Å². The van der Waals surface area contributed by atoms with Gasteiger partial charge in [-0.15, -0.1) is 5.10 Å². The molecule has 8 nitrogen and oxygen atoms in total. The molecule has 3 rings (SSSR count). The average Bonchev–Trinajstić information content (AvgIpc) is 3.17. The minimum absolute atomic E-state index is 0.0923. The van der Waals surface area contributed by atoms with Crippen molar-refractivity contribution in [2.75, 3.05) is 26.0 Å². The van der Waals surface area contributed by atoms with Crippen LogP contribution >= 0.6 is 0 Å². The molecule has 0 aliphatic carbocycles. The third-order valence-electron chi connectivity index (χ3n) is 4.19. The number of hydrogen-bond acceptors (Lipinski definition) is 6. The molecule has 3 aromatic rings. The molecule has 134 valence electrons. The van der Waals surface area contributed by atoms with Crippen molar-refractivity contribution in [2.24, 2.45) is 0 Å². The molecule has 0 saturated carbocycles. The summed E-state index contributed by atoms with van der Waals surface area (Å²) in [5.74, 6) is 1.12. The number of amides is 1. The van der Waals surface area contributed by atoms with E-state index in [-0.39, 0.29) is 11.9 Å². The summed E-state index contributed by atoms with van der Waals surface area (Å²) in [5.41, 5.74) is 2.17.